The summed E-state index contributed by atoms with van der Waals surface area (Å²) < 4.78 is 0. The fraction of sp³-hybridized carbons (Fsp3) is 0.421. The van der Waals surface area contributed by atoms with Crippen molar-refractivity contribution in [2.24, 2.45) is 0 Å². The molecule has 2 heterocycles. The van der Waals surface area contributed by atoms with Crippen LogP contribution in [-0.4, -0.2) is 45.2 Å². The van der Waals surface area contributed by atoms with Crippen LogP contribution in [0.25, 0.3) is 0 Å². The van der Waals surface area contributed by atoms with Crippen LogP contribution in [0.4, 0.5) is 0 Å². The van der Waals surface area contributed by atoms with Crippen LogP contribution in [0.2, 0.25) is 0 Å². The molecule has 1 amide bonds. The molecule has 0 spiro atoms. The molecule has 1 aliphatic carbocycles. The summed E-state index contributed by atoms with van der Waals surface area (Å²) in [5.41, 5.74) is 4.18. The lowest BCUT2D eigenvalue weighted by Crippen LogP contribution is -2.39. The molecule has 25 heavy (non-hydrogen) atoms. The first-order valence-electron chi connectivity index (χ1n) is 8.82. The molecule has 1 aromatic heterocycles. The Hall–Kier alpha value is -2.63. The molecule has 0 bridgehead atoms. The van der Waals surface area contributed by atoms with Gasteiger partial charge in [-0.1, -0.05) is 12.1 Å². The maximum atomic E-state index is 12.9. The molecule has 2 N–H and O–H groups in total. The lowest BCUT2D eigenvalue weighted by Gasteiger charge is -2.32. The second-order valence-corrected chi connectivity index (χ2v) is 6.90. The number of benzene rings is 1. The molecule has 2 aliphatic rings. The Bertz CT molecular complexity index is 810. The highest BCUT2D eigenvalue weighted by molar-refractivity contribution is 5.94. The number of fused-ring (bicyclic) bond motifs is 1. The zero-order chi connectivity index (χ0) is 17.4. The summed E-state index contributed by atoms with van der Waals surface area (Å²) in [7, 11) is 0. The van der Waals surface area contributed by atoms with E-state index in [1.165, 1.54) is 0 Å². The van der Waals surface area contributed by atoms with Gasteiger partial charge in [0.25, 0.3) is 5.91 Å². The van der Waals surface area contributed by atoms with Crippen LogP contribution in [-0.2, 0) is 12.8 Å². The van der Waals surface area contributed by atoms with E-state index in [2.05, 4.69) is 10.2 Å². The zero-order valence-electron chi connectivity index (χ0n) is 14.0. The van der Waals surface area contributed by atoms with Crippen molar-refractivity contribution in [1.82, 2.24) is 15.1 Å². The van der Waals surface area contributed by atoms with Gasteiger partial charge in [-0.3, -0.25) is 9.89 Å². The Labute approximate surface area is 145 Å². The number of amides is 1. The van der Waals surface area contributed by atoms with Crippen LogP contribution in [0, 0.1) is 0 Å². The number of H-pyrrole nitrogens is 1. The molecular formula is C19H21N3O3. The van der Waals surface area contributed by atoms with E-state index in [0.29, 0.717) is 17.8 Å². The van der Waals surface area contributed by atoms with Crippen molar-refractivity contribution in [3.63, 3.8) is 0 Å². The van der Waals surface area contributed by atoms with Gasteiger partial charge in [-0.25, -0.2) is 4.79 Å². The first kappa shape index (κ1) is 15.9. The molecule has 1 saturated heterocycles. The minimum atomic E-state index is -0.917. The van der Waals surface area contributed by atoms with Crippen molar-refractivity contribution in [2.75, 3.05) is 13.1 Å². The smallest absolute Gasteiger partial charge is 0.335 e. The Balaban J connectivity index is 1.50. The van der Waals surface area contributed by atoms with E-state index in [9.17, 15) is 9.59 Å². The number of likely N-dealkylation sites (tertiary alicyclic amines) is 1. The van der Waals surface area contributed by atoms with E-state index in [1.807, 2.05) is 17.0 Å². The van der Waals surface area contributed by atoms with Crippen molar-refractivity contribution >= 4 is 11.9 Å². The third kappa shape index (κ3) is 2.92. The van der Waals surface area contributed by atoms with Gasteiger partial charge in [-0.2, -0.15) is 5.10 Å². The van der Waals surface area contributed by atoms with Crippen molar-refractivity contribution in [2.45, 2.75) is 38.0 Å². The monoisotopic (exact) mass is 339 g/mol. The van der Waals surface area contributed by atoms with Crippen molar-refractivity contribution in [3.8, 4) is 0 Å². The van der Waals surface area contributed by atoms with E-state index in [-0.39, 0.29) is 11.8 Å². The Kier molecular flexibility index (Phi) is 4.03. The fourth-order valence-electron chi connectivity index (χ4n) is 3.98. The standard InChI is InChI=1S/C19H21N3O3/c23-18(17-15-4-1-5-16(15)20-21-17)22-10-2-3-14(11-22)12-6-8-13(9-7-12)19(24)25/h6-9,14H,1-5,10-11H2,(H,20,21)(H,24,25)/t14-/m0/s1. The van der Waals surface area contributed by atoms with Crippen LogP contribution in [0.1, 0.15) is 62.8 Å². The first-order valence-corrected chi connectivity index (χ1v) is 8.82. The molecule has 130 valence electrons. The molecule has 0 saturated carbocycles. The van der Waals surface area contributed by atoms with Gasteiger partial charge in [0.1, 0.15) is 0 Å². The van der Waals surface area contributed by atoms with Gasteiger partial charge >= 0.3 is 5.97 Å². The van der Waals surface area contributed by atoms with E-state index >= 15 is 0 Å². The number of aromatic carboxylic acids is 1. The number of rotatable bonds is 3. The van der Waals surface area contributed by atoms with Gasteiger partial charge in [-0.05, 0) is 49.8 Å². The predicted octanol–water partition coefficient (Wildman–Crippen LogP) is 2.62. The van der Waals surface area contributed by atoms with Gasteiger partial charge in [0.2, 0.25) is 0 Å². The maximum absolute atomic E-state index is 12.9. The average molecular weight is 339 g/mol. The third-order valence-corrected chi connectivity index (χ3v) is 5.35. The van der Waals surface area contributed by atoms with Gasteiger partial charge in [0.15, 0.2) is 5.69 Å². The number of aromatic nitrogens is 2. The Morgan fingerprint density at radius 3 is 2.72 bits per heavy atom. The first-order chi connectivity index (χ1) is 12.1. The highest BCUT2D eigenvalue weighted by atomic mass is 16.4. The number of carbonyl (C=O) groups is 2. The topological polar surface area (TPSA) is 86.3 Å². The molecule has 1 fully saturated rings. The number of carboxylic acids is 1. The number of nitrogens with zero attached hydrogens (tertiary/aromatic N) is 2. The van der Waals surface area contributed by atoms with E-state index in [1.54, 1.807) is 12.1 Å². The van der Waals surface area contributed by atoms with Gasteiger partial charge < -0.3 is 10.0 Å². The summed E-state index contributed by atoms with van der Waals surface area (Å²) in [6, 6.07) is 7.01. The van der Waals surface area contributed by atoms with E-state index < -0.39 is 5.97 Å². The van der Waals surface area contributed by atoms with Crippen molar-refractivity contribution in [3.05, 3.63) is 52.3 Å². The minimum absolute atomic E-state index is 0.0197. The number of piperidine rings is 1. The second kappa shape index (κ2) is 6.35. The maximum Gasteiger partial charge on any atom is 0.335 e. The molecule has 6 nitrogen and oxygen atoms in total. The van der Waals surface area contributed by atoms with Gasteiger partial charge in [0, 0.05) is 30.3 Å². The number of carboxylic acid groups (broad SMARTS) is 1. The third-order valence-electron chi connectivity index (χ3n) is 5.35. The van der Waals surface area contributed by atoms with Crippen LogP contribution in [0.15, 0.2) is 24.3 Å². The second-order valence-electron chi connectivity index (χ2n) is 6.90. The molecule has 0 radical (unpaired) electrons. The number of aromatic amines is 1. The highest BCUT2D eigenvalue weighted by Crippen LogP contribution is 2.29. The lowest BCUT2D eigenvalue weighted by molar-refractivity contribution is 0.0691. The quantitative estimate of drug-likeness (QED) is 0.900. The molecule has 2 aromatic rings. The lowest BCUT2D eigenvalue weighted by atomic mass is 9.90. The van der Waals surface area contributed by atoms with Crippen LogP contribution < -0.4 is 0 Å². The summed E-state index contributed by atoms with van der Waals surface area (Å²) in [6.45, 7) is 1.41. The average Bonchev–Trinajstić information content (AvgIpc) is 3.25. The van der Waals surface area contributed by atoms with Gasteiger partial charge in [-0.15, -0.1) is 0 Å². The molecular weight excluding hydrogens is 318 g/mol. The largest absolute Gasteiger partial charge is 0.478 e. The molecule has 1 atom stereocenters. The zero-order valence-corrected chi connectivity index (χ0v) is 14.0. The Morgan fingerprint density at radius 2 is 1.96 bits per heavy atom. The molecule has 6 heteroatoms. The molecule has 1 aliphatic heterocycles. The Morgan fingerprint density at radius 1 is 1.16 bits per heavy atom. The van der Waals surface area contributed by atoms with E-state index in [0.717, 1.165) is 55.5 Å². The minimum Gasteiger partial charge on any atom is -0.478 e. The molecule has 1 aromatic carbocycles. The number of aryl methyl sites for hydroxylation is 1. The van der Waals surface area contributed by atoms with Crippen LogP contribution in [0.3, 0.4) is 0 Å². The van der Waals surface area contributed by atoms with Crippen LogP contribution in [0.5, 0.6) is 0 Å². The van der Waals surface area contributed by atoms with E-state index in [4.69, 9.17) is 5.11 Å². The summed E-state index contributed by atoms with van der Waals surface area (Å²) >= 11 is 0. The highest BCUT2D eigenvalue weighted by Gasteiger charge is 2.30. The van der Waals surface area contributed by atoms with Crippen LogP contribution >= 0.6 is 0 Å². The molecule has 0 unspecified atom stereocenters. The normalized spacial score (nSPS) is 19.7. The number of nitrogens with one attached hydrogen (secondary N) is 1. The summed E-state index contributed by atoms with van der Waals surface area (Å²) in [5.74, 6) is -0.654. The fourth-order valence-corrected chi connectivity index (χ4v) is 3.98. The number of carbonyl (C=O) groups excluding carboxylic acids is 1. The molecule has 4 rings (SSSR count). The van der Waals surface area contributed by atoms with Crippen molar-refractivity contribution in [1.29, 1.82) is 0 Å². The SMILES string of the molecule is O=C(O)c1ccc([C@H]2CCCN(C(=O)c3n[nH]c4c3CCC4)C2)cc1. The van der Waals surface area contributed by atoms with Crippen molar-refractivity contribution < 1.29 is 14.7 Å². The summed E-state index contributed by atoms with van der Waals surface area (Å²) in [4.78, 5) is 25.8. The summed E-state index contributed by atoms with van der Waals surface area (Å²) in [5, 5.41) is 16.3. The number of hydrogen-bond donors (Lipinski definition) is 2. The number of hydrogen-bond acceptors (Lipinski definition) is 3. The summed E-state index contributed by atoms with van der Waals surface area (Å²) in [6.07, 6.45) is 4.95. The predicted molar refractivity (Wildman–Crippen MR) is 91.9 cm³/mol. The van der Waals surface area contributed by atoms with Gasteiger partial charge in [0.05, 0.1) is 5.56 Å².